The van der Waals surface area contributed by atoms with Crippen molar-refractivity contribution in [2.24, 2.45) is 5.92 Å². The fourth-order valence-electron chi connectivity index (χ4n) is 6.06. The fourth-order valence-corrected chi connectivity index (χ4v) is 6.06. The third kappa shape index (κ3) is 15.8. The van der Waals surface area contributed by atoms with E-state index in [1.165, 1.54) is 46.0 Å². The van der Waals surface area contributed by atoms with Gasteiger partial charge in [0.1, 0.15) is 18.4 Å². The summed E-state index contributed by atoms with van der Waals surface area (Å²) in [6, 6.07) is 5.81. The molecule has 286 valence electrons. The molecule has 12 nitrogen and oxygen atoms in total. The molecule has 0 aromatic heterocycles. The fraction of sp³-hybridized carbons (Fsp3) is 0.667. The Kier molecular flexibility index (Phi) is 21.1. The molecule has 0 spiro atoms. The van der Waals surface area contributed by atoms with E-state index in [9.17, 15) is 24.6 Å². The number of rotatable bonds is 27. The number of aliphatic carboxylic acids is 1. The molecule has 1 aromatic rings. The molecule has 4 N–H and O–H groups in total. The monoisotopic (exact) mass is 716 g/mol. The number of carboxylic acid groups (broad SMARTS) is 1. The number of unbranched alkanes of at least 4 members (excludes halogenated alkanes) is 8. The number of carboxylic acids is 1. The number of allylic oxidation sites excluding steroid dienone is 1. The minimum Gasteiger partial charge on any atom is -0.481 e. The molecule has 0 radical (unpaired) electrons. The molecule has 1 heterocycles. The van der Waals surface area contributed by atoms with Crippen molar-refractivity contribution in [3.63, 3.8) is 0 Å². The summed E-state index contributed by atoms with van der Waals surface area (Å²) in [5.74, 6) is 1.16. The topological polar surface area (TPSA) is 162 Å². The van der Waals surface area contributed by atoms with Crippen LogP contribution in [0, 0.1) is 17.8 Å². The number of ether oxygens (including phenoxy) is 4. The van der Waals surface area contributed by atoms with Crippen LogP contribution in [0.5, 0.6) is 5.75 Å². The molecule has 1 saturated heterocycles. The van der Waals surface area contributed by atoms with Gasteiger partial charge in [0.15, 0.2) is 11.4 Å². The molecule has 2 amide bonds. The first-order valence-electron chi connectivity index (χ1n) is 18.3. The van der Waals surface area contributed by atoms with E-state index in [1.807, 2.05) is 0 Å². The summed E-state index contributed by atoms with van der Waals surface area (Å²) >= 11 is 0. The van der Waals surface area contributed by atoms with Crippen LogP contribution in [0.4, 0.5) is 0 Å². The molecule has 51 heavy (non-hydrogen) atoms. The third-order valence-corrected chi connectivity index (χ3v) is 9.02. The van der Waals surface area contributed by atoms with Gasteiger partial charge in [-0.15, -0.1) is 5.92 Å². The van der Waals surface area contributed by atoms with Crippen LogP contribution in [0.25, 0.3) is 0 Å². The SMILES string of the molecule is CC#CCOc1ccc(C[C@H](NC(=O)[C@@H](C=CCCCCCCC2(CCCCCCC)OCCO2)[C@@](O)(CCOC)C(=O)O)C(=O)NOC)cc1. The van der Waals surface area contributed by atoms with Gasteiger partial charge in [0.05, 0.1) is 26.2 Å². The first-order valence-corrected chi connectivity index (χ1v) is 18.3. The van der Waals surface area contributed by atoms with Crippen LogP contribution in [0.2, 0.25) is 0 Å². The number of amides is 2. The molecule has 1 fully saturated rings. The van der Waals surface area contributed by atoms with Crippen LogP contribution >= 0.6 is 0 Å². The van der Waals surface area contributed by atoms with E-state index in [4.69, 9.17) is 23.8 Å². The maximum Gasteiger partial charge on any atom is 0.336 e. The molecule has 2 rings (SSSR count). The van der Waals surface area contributed by atoms with E-state index in [2.05, 4.69) is 29.6 Å². The largest absolute Gasteiger partial charge is 0.481 e. The highest BCUT2D eigenvalue weighted by Crippen LogP contribution is 2.32. The Morgan fingerprint density at radius 3 is 2.22 bits per heavy atom. The number of benzene rings is 1. The van der Waals surface area contributed by atoms with E-state index in [-0.39, 0.29) is 26.1 Å². The van der Waals surface area contributed by atoms with Crippen molar-refractivity contribution >= 4 is 17.8 Å². The van der Waals surface area contributed by atoms with E-state index in [0.717, 1.165) is 44.9 Å². The quantitative estimate of drug-likeness (QED) is 0.0409. The highest BCUT2D eigenvalue weighted by molar-refractivity contribution is 5.93. The number of carbonyl (C=O) groups is 3. The van der Waals surface area contributed by atoms with E-state index in [0.29, 0.717) is 30.9 Å². The van der Waals surface area contributed by atoms with Crippen molar-refractivity contribution in [2.45, 2.75) is 121 Å². The van der Waals surface area contributed by atoms with Crippen molar-refractivity contribution in [3.8, 4) is 17.6 Å². The number of methoxy groups -OCH3 is 1. The summed E-state index contributed by atoms with van der Waals surface area (Å²) in [6.45, 7) is 5.34. The van der Waals surface area contributed by atoms with Gasteiger partial charge in [0.2, 0.25) is 5.91 Å². The predicted molar refractivity (Wildman–Crippen MR) is 194 cm³/mol. The van der Waals surface area contributed by atoms with Crippen LogP contribution in [0.1, 0.15) is 103 Å². The van der Waals surface area contributed by atoms with Crippen molar-refractivity contribution in [1.29, 1.82) is 0 Å². The Bertz CT molecular complexity index is 1250. The highest BCUT2D eigenvalue weighted by Gasteiger charge is 2.47. The van der Waals surface area contributed by atoms with E-state index in [1.54, 1.807) is 37.3 Å². The molecule has 1 aliphatic heterocycles. The minimum absolute atomic E-state index is 0.0617. The number of hydroxylamine groups is 1. The molecule has 0 bridgehead atoms. The Morgan fingerprint density at radius 2 is 1.63 bits per heavy atom. The third-order valence-electron chi connectivity index (χ3n) is 9.02. The maximum absolute atomic E-state index is 13.8. The molecular weight excluding hydrogens is 656 g/mol. The average Bonchev–Trinajstić information content (AvgIpc) is 3.59. The van der Waals surface area contributed by atoms with Crippen LogP contribution < -0.4 is 15.5 Å². The van der Waals surface area contributed by atoms with Crippen LogP contribution in [-0.2, 0) is 39.9 Å². The van der Waals surface area contributed by atoms with Gasteiger partial charge in [0.25, 0.3) is 5.91 Å². The van der Waals surface area contributed by atoms with Crippen LogP contribution in [-0.4, -0.2) is 86.1 Å². The molecule has 12 heteroatoms. The Balaban J connectivity index is 2.05. The summed E-state index contributed by atoms with van der Waals surface area (Å²) in [5.41, 5.74) is 0.457. The molecular formula is C39H60N2O10. The second-order valence-electron chi connectivity index (χ2n) is 12.9. The van der Waals surface area contributed by atoms with Gasteiger partial charge in [0, 0.05) is 39.4 Å². The summed E-state index contributed by atoms with van der Waals surface area (Å²) < 4.78 is 22.7. The van der Waals surface area contributed by atoms with Crippen molar-refractivity contribution < 1.29 is 48.4 Å². The Labute approximate surface area is 303 Å². The van der Waals surface area contributed by atoms with E-state index < -0.39 is 41.1 Å². The summed E-state index contributed by atoms with van der Waals surface area (Å²) in [5, 5.41) is 24.1. The van der Waals surface area contributed by atoms with Crippen molar-refractivity contribution in [2.75, 3.05) is 40.6 Å². The second kappa shape index (κ2) is 24.7. The molecule has 0 unspecified atom stereocenters. The first-order chi connectivity index (χ1) is 24.6. The van der Waals surface area contributed by atoms with Crippen molar-refractivity contribution in [3.05, 3.63) is 42.0 Å². The number of nitrogens with one attached hydrogen (secondary N) is 2. The lowest BCUT2D eigenvalue weighted by Crippen LogP contribution is -2.56. The van der Waals surface area contributed by atoms with Gasteiger partial charge >= 0.3 is 5.97 Å². The highest BCUT2D eigenvalue weighted by atomic mass is 16.7. The number of hydrogen-bond acceptors (Lipinski definition) is 9. The molecule has 1 aromatic carbocycles. The van der Waals surface area contributed by atoms with Gasteiger partial charge in [-0.3, -0.25) is 14.4 Å². The zero-order valence-electron chi connectivity index (χ0n) is 31.0. The average molecular weight is 717 g/mol. The summed E-state index contributed by atoms with van der Waals surface area (Å²) in [7, 11) is 2.65. The second-order valence-corrected chi connectivity index (χ2v) is 12.9. The lowest BCUT2D eigenvalue weighted by atomic mass is 9.83. The van der Waals surface area contributed by atoms with Gasteiger partial charge in [-0.25, -0.2) is 10.3 Å². The molecule has 0 aliphatic carbocycles. The maximum atomic E-state index is 13.8. The molecule has 3 atom stereocenters. The van der Waals surface area contributed by atoms with Gasteiger partial charge in [-0.1, -0.05) is 75.7 Å². The molecule has 0 saturated carbocycles. The first kappa shape index (κ1) is 43.7. The lowest BCUT2D eigenvalue weighted by Gasteiger charge is -2.31. The van der Waals surface area contributed by atoms with Crippen molar-refractivity contribution in [1.82, 2.24) is 10.8 Å². The van der Waals surface area contributed by atoms with Crippen LogP contribution in [0.3, 0.4) is 0 Å². The minimum atomic E-state index is -2.48. The Morgan fingerprint density at radius 1 is 0.980 bits per heavy atom. The van der Waals surface area contributed by atoms with E-state index >= 15 is 0 Å². The summed E-state index contributed by atoms with van der Waals surface area (Å²) in [6.07, 6.45) is 14.9. The van der Waals surface area contributed by atoms with Crippen LogP contribution in [0.15, 0.2) is 36.4 Å². The number of aliphatic hydroxyl groups is 1. The smallest absolute Gasteiger partial charge is 0.336 e. The summed E-state index contributed by atoms with van der Waals surface area (Å²) in [4.78, 5) is 43.9. The Hall–Kier alpha value is -3.47. The van der Waals surface area contributed by atoms with Gasteiger partial charge in [-0.05, 0) is 50.3 Å². The standard InChI is InChI=1S/C39H60N2O10/c1-5-7-9-13-16-23-38(50-28-29-51-38)24-17-14-11-10-12-15-18-33(39(46,37(44)45)25-27-47-3)35(42)40-34(36(43)41-48-4)30-31-19-21-32(22-20-31)49-26-8-6-2/h15,18-22,33-34,46H,5,7,9-14,16-17,23-30H2,1-4H3,(H,40,42)(H,41,43)(H,44,45)/t33-,34+,39+/m1/s1. The zero-order valence-corrected chi connectivity index (χ0v) is 31.0. The number of carbonyl (C=O) groups excluding carboxylic acids is 2. The zero-order chi connectivity index (χ0) is 37.4. The van der Waals surface area contributed by atoms with Gasteiger partial charge in [-0.2, -0.15) is 0 Å². The molecule has 1 aliphatic rings. The number of hydrogen-bond donors (Lipinski definition) is 4. The van der Waals surface area contributed by atoms with Gasteiger partial charge < -0.3 is 34.5 Å². The predicted octanol–water partition coefficient (Wildman–Crippen LogP) is 5.26. The lowest BCUT2D eigenvalue weighted by molar-refractivity contribution is -0.169. The normalized spacial score (nSPS) is 16.1.